The maximum absolute atomic E-state index is 12.9. The first-order valence-electron chi connectivity index (χ1n) is 8.35. The summed E-state index contributed by atoms with van der Waals surface area (Å²) in [4.78, 5) is 36.6. The van der Waals surface area contributed by atoms with Gasteiger partial charge in [-0.05, 0) is 30.2 Å². The van der Waals surface area contributed by atoms with Gasteiger partial charge in [0.05, 0.1) is 25.0 Å². The Labute approximate surface area is 150 Å². The van der Waals surface area contributed by atoms with Crippen molar-refractivity contribution in [1.29, 1.82) is 0 Å². The number of carbonyl (C=O) groups excluding carboxylic acids is 2. The average molecular weight is 354 g/mol. The molecule has 0 unspecified atom stereocenters. The number of fused-ring (bicyclic) bond motifs is 3. The Balaban J connectivity index is 1.73. The number of carbonyl (C=O) groups is 2. The molecular weight excluding hydrogens is 336 g/mol. The van der Waals surface area contributed by atoms with E-state index in [0.717, 1.165) is 11.3 Å². The second-order valence-corrected chi connectivity index (χ2v) is 6.20. The molecule has 1 aromatic heterocycles. The minimum Gasteiger partial charge on any atom is -0.497 e. The van der Waals surface area contributed by atoms with Gasteiger partial charge >= 0.3 is 6.09 Å². The molecule has 2 aliphatic rings. The molecule has 2 aliphatic heterocycles. The third-order valence-corrected chi connectivity index (χ3v) is 4.67. The number of benzene rings is 1. The summed E-state index contributed by atoms with van der Waals surface area (Å²) in [5, 5.41) is 0. The summed E-state index contributed by atoms with van der Waals surface area (Å²) in [6.45, 7) is 1.15. The van der Waals surface area contributed by atoms with E-state index in [1.807, 2.05) is 12.1 Å². The van der Waals surface area contributed by atoms with Crippen LogP contribution in [0.15, 0.2) is 36.8 Å². The number of nitrogens with zero attached hydrogens (tertiary/aromatic N) is 4. The zero-order chi connectivity index (χ0) is 18.1. The van der Waals surface area contributed by atoms with Crippen molar-refractivity contribution in [2.75, 3.05) is 25.2 Å². The number of amides is 2. The van der Waals surface area contributed by atoms with E-state index < -0.39 is 0 Å². The summed E-state index contributed by atoms with van der Waals surface area (Å²) in [5.41, 5.74) is 1.87. The predicted molar refractivity (Wildman–Crippen MR) is 92.0 cm³/mol. The van der Waals surface area contributed by atoms with Crippen LogP contribution in [0.1, 0.15) is 22.5 Å². The summed E-state index contributed by atoms with van der Waals surface area (Å²) in [5.74, 6) is 0.478. The van der Waals surface area contributed by atoms with Crippen LogP contribution in [0.5, 0.6) is 5.75 Å². The molecule has 26 heavy (non-hydrogen) atoms. The molecule has 2 amide bonds. The largest absolute Gasteiger partial charge is 0.497 e. The Bertz CT molecular complexity index is 842. The van der Waals surface area contributed by atoms with Crippen LogP contribution in [0.2, 0.25) is 0 Å². The molecule has 8 nitrogen and oxygen atoms in total. The first kappa shape index (κ1) is 16.3. The standard InChI is InChI=1S/C18H18N4O4/c1-25-14-2-3-16-12(8-14)10-21(17(23)15-9-19-5-6-20-15)7-4-13-11-26-18(24)22(13)16/h2-3,5-6,8-9,13H,4,7,10-11H2,1H3/t13-/m0/s1. The highest BCUT2D eigenvalue weighted by molar-refractivity contribution is 5.93. The average Bonchev–Trinajstić information content (AvgIpc) is 3.03. The van der Waals surface area contributed by atoms with Crippen molar-refractivity contribution < 1.29 is 19.1 Å². The van der Waals surface area contributed by atoms with Crippen molar-refractivity contribution in [2.45, 2.75) is 19.0 Å². The first-order valence-corrected chi connectivity index (χ1v) is 8.35. The maximum Gasteiger partial charge on any atom is 0.414 e. The topological polar surface area (TPSA) is 84.9 Å². The van der Waals surface area contributed by atoms with Gasteiger partial charge in [0.1, 0.15) is 18.1 Å². The third-order valence-electron chi connectivity index (χ3n) is 4.67. The van der Waals surface area contributed by atoms with Gasteiger partial charge in [-0.2, -0.15) is 0 Å². The van der Waals surface area contributed by atoms with E-state index in [9.17, 15) is 9.59 Å². The lowest BCUT2D eigenvalue weighted by Crippen LogP contribution is -2.42. The summed E-state index contributed by atoms with van der Waals surface area (Å²) >= 11 is 0. The number of hydrogen-bond acceptors (Lipinski definition) is 6. The lowest BCUT2D eigenvalue weighted by molar-refractivity contribution is 0.0728. The zero-order valence-electron chi connectivity index (χ0n) is 14.3. The monoisotopic (exact) mass is 354 g/mol. The molecule has 0 radical (unpaired) electrons. The van der Waals surface area contributed by atoms with E-state index >= 15 is 0 Å². The second-order valence-electron chi connectivity index (χ2n) is 6.20. The number of cyclic esters (lactones) is 1. The molecule has 0 N–H and O–H groups in total. The lowest BCUT2D eigenvalue weighted by atomic mass is 10.0. The van der Waals surface area contributed by atoms with E-state index in [0.29, 0.717) is 37.6 Å². The Morgan fingerprint density at radius 3 is 3.00 bits per heavy atom. The van der Waals surface area contributed by atoms with E-state index in [-0.39, 0.29) is 18.0 Å². The normalized spacial score (nSPS) is 19.1. The Morgan fingerprint density at radius 2 is 2.23 bits per heavy atom. The quantitative estimate of drug-likeness (QED) is 0.818. The molecule has 1 saturated heterocycles. The number of methoxy groups -OCH3 is 1. The molecule has 3 heterocycles. The van der Waals surface area contributed by atoms with Gasteiger partial charge in [-0.15, -0.1) is 0 Å². The Morgan fingerprint density at radius 1 is 1.35 bits per heavy atom. The summed E-state index contributed by atoms with van der Waals surface area (Å²) in [7, 11) is 1.58. The van der Waals surface area contributed by atoms with Crippen molar-refractivity contribution >= 4 is 17.7 Å². The van der Waals surface area contributed by atoms with Gasteiger partial charge in [-0.3, -0.25) is 14.7 Å². The molecule has 0 bridgehead atoms. The number of ether oxygens (including phenoxy) is 2. The highest BCUT2D eigenvalue weighted by atomic mass is 16.6. The van der Waals surface area contributed by atoms with Gasteiger partial charge in [0.25, 0.3) is 5.91 Å². The number of aromatic nitrogens is 2. The summed E-state index contributed by atoms with van der Waals surface area (Å²) in [6, 6.07) is 5.38. The number of anilines is 1. The number of hydrogen-bond donors (Lipinski definition) is 0. The molecule has 2 aromatic rings. The molecule has 4 rings (SSSR count). The molecular formula is C18H18N4O4. The molecule has 134 valence electrons. The van der Waals surface area contributed by atoms with Gasteiger partial charge in [-0.25, -0.2) is 9.78 Å². The molecule has 1 aromatic carbocycles. The minimum absolute atomic E-state index is 0.105. The zero-order valence-corrected chi connectivity index (χ0v) is 14.3. The SMILES string of the molecule is COc1ccc2c(c1)CN(C(=O)c1cnccn1)CC[C@H]1COC(=O)N21. The maximum atomic E-state index is 12.9. The van der Waals surface area contributed by atoms with Crippen molar-refractivity contribution in [3.63, 3.8) is 0 Å². The summed E-state index contributed by atoms with van der Waals surface area (Å²) in [6.07, 6.45) is 4.77. The fourth-order valence-electron chi connectivity index (χ4n) is 3.35. The van der Waals surface area contributed by atoms with Gasteiger partial charge in [0.15, 0.2) is 0 Å². The lowest BCUT2D eigenvalue weighted by Gasteiger charge is -2.32. The van der Waals surface area contributed by atoms with Crippen LogP contribution in [0.25, 0.3) is 0 Å². The van der Waals surface area contributed by atoms with E-state index in [4.69, 9.17) is 9.47 Å². The van der Waals surface area contributed by atoms with Gasteiger partial charge < -0.3 is 14.4 Å². The van der Waals surface area contributed by atoms with Crippen molar-refractivity contribution in [3.8, 4) is 5.75 Å². The van der Waals surface area contributed by atoms with Crippen LogP contribution >= 0.6 is 0 Å². The first-order chi connectivity index (χ1) is 12.7. The molecule has 0 aliphatic carbocycles. The van der Waals surface area contributed by atoms with Gasteiger partial charge in [0, 0.05) is 25.5 Å². The molecule has 1 fully saturated rings. The Hall–Kier alpha value is -3.16. The minimum atomic E-state index is -0.352. The second kappa shape index (κ2) is 6.62. The smallest absolute Gasteiger partial charge is 0.414 e. The van der Waals surface area contributed by atoms with E-state index in [1.54, 1.807) is 23.0 Å². The fraction of sp³-hybridized carbons (Fsp3) is 0.333. The van der Waals surface area contributed by atoms with Crippen molar-refractivity contribution in [3.05, 3.63) is 48.0 Å². The highest BCUT2D eigenvalue weighted by Gasteiger charge is 2.38. The van der Waals surface area contributed by atoms with Crippen LogP contribution in [0.4, 0.5) is 10.5 Å². The van der Waals surface area contributed by atoms with Crippen molar-refractivity contribution in [1.82, 2.24) is 14.9 Å². The number of rotatable bonds is 2. The Kier molecular flexibility index (Phi) is 4.16. The van der Waals surface area contributed by atoms with Crippen LogP contribution < -0.4 is 9.64 Å². The van der Waals surface area contributed by atoms with Crippen LogP contribution in [0, 0.1) is 0 Å². The van der Waals surface area contributed by atoms with Crippen LogP contribution in [0.3, 0.4) is 0 Å². The van der Waals surface area contributed by atoms with Crippen molar-refractivity contribution in [2.24, 2.45) is 0 Å². The molecule has 8 heteroatoms. The molecule has 1 atom stereocenters. The highest BCUT2D eigenvalue weighted by Crippen LogP contribution is 2.34. The van der Waals surface area contributed by atoms with Crippen LogP contribution in [-0.2, 0) is 11.3 Å². The summed E-state index contributed by atoms with van der Waals surface area (Å²) < 4.78 is 10.5. The fourth-order valence-corrected chi connectivity index (χ4v) is 3.35. The van der Waals surface area contributed by atoms with E-state index in [2.05, 4.69) is 9.97 Å². The molecule has 0 spiro atoms. The van der Waals surface area contributed by atoms with Crippen LogP contribution in [-0.4, -0.2) is 53.2 Å². The van der Waals surface area contributed by atoms with Gasteiger partial charge in [0.2, 0.25) is 0 Å². The van der Waals surface area contributed by atoms with E-state index in [1.165, 1.54) is 18.6 Å². The predicted octanol–water partition coefficient (Wildman–Crippen LogP) is 1.86. The van der Waals surface area contributed by atoms with Gasteiger partial charge in [-0.1, -0.05) is 0 Å². The molecule has 0 saturated carbocycles. The third kappa shape index (κ3) is 2.83.